The van der Waals surface area contributed by atoms with E-state index in [2.05, 4.69) is 5.10 Å². The molecule has 0 aliphatic carbocycles. The monoisotopic (exact) mass is 266 g/mol. The molecule has 1 atom stereocenters. The van der Waals surface area contributed by atoms with Gasteiger partial charge in [-0.2, -0.15) is 5.10 Å². The van der Waals surface area contributed by atoms with Crippen molar-refractivity contribution in [2.75, 3.05) is 6.26 Å². The average Bonchev–Trinajstić information content (AvgIpc) is 2.81. The van der Waals surface area contributed by atoms with Crippen molar-refractivity contribution < 1.29 is 13.5 Å². The van der Waals surface area contributed by atoms with E-state index >= 15 is 0 Å². The molecule has 6 heteroatoms. The van der Waals surface area contributed by atoms with Crippen LogP contribution in [0.5, 0.6) is 0 Å². The lowest BCUT2D eigenvalue weighted by Crippen LogP contribution is -2.09. The molecule has 0 radical (unpaired) electrons. The van der Waals surface area contributed by atoms with Crippen LogP contribution in [0, 0.1) is 0 Å². The largest absolute Gasteiger partial charge is 0.386 e. The first-order valence-corrected chi connectivity index (χ1v) is 7.31. The predicted octanol–water partition coefficient (Wildman–Crippen LogP) is 1.02. The molecular formula is C12H14N2O3S. The van der Waals surface area contributed by atoms with E-state index in [-0.39, 0.29) is 4.90 Å². The summed E-state index contributed by atoms with van der Waals surface area (Å²) in [5, 5.41) is 14.0. The van der Waals surface area contributed by atoms with E-state index in [1.807, 2.05) is 0 Å². The number of aromatic nitrogens is 2. The summed E-state index contributed by atoms with van der Waals surface area (Å²) >= 11 is 0. The van der Waals surface area contributed by atoms with Crippen molar-refractivity contribution in [3.8, 4) is 0 Å². The summed E-state index contributed by atoms with van der Waals surface area (Å²) in [5.74, 6) is 0. The zero-order chi connectivity index (χ0) is 13.2. The lowest BCUT2D eigenvalue weighted by Gasteiger charge is -2.11. The Morgan fingerprint density at radius 3 is 2.50 bits per heavy atom. The Morgan fingerprint density at radius 2 is 2.00 bits per heavy atom. The van der Waals surface area contributed by atoms with Crippen LogP contribution in [0.15, 0.2) is 47.6 Å². The normalized spacial score (nSPS) is 13.4. The Kier molecular flexibility index (Phi) is 3.49. The van der Waals surface area contributed by atoms with Crippen molar-refractivity contribution in [2.45, 2.75) is 17.5 Å². The zero-order valence-corrected chi connectivity index (χ0v) is 10.7. The van der Waals surface area contributed by atoms with Gasteiger partial charge in [-0.15, -0.1) is 0 Å². The molecule has 18 heavy (non-hydrogen) atoms. The summed E-state index contributed by atoms with van der Waals surface area (Å²) in [4.78, 5) is 0.248. The predicted molar refractivity (Wildman–Crippen MR) is 66.7 cm³/mol. The highest BCUT2D eigenvalue weighted by atomic mass is 32.2. The standard InChI is InChI=1S/C12H14N2O3S/c1-18(16,17)11-5-3-10(4-6-11)12(15)9-14-8-2-7-13-14/h2-8,12,15H,9H2,1H3. The first-order valence-electron chi connectivity index (χ1n) is 5.42. The maximum absolute atomic E-state index is 11.3. The van der Waals surface area contributed by atoms with Crippen LogP contribution in [-0.2, 0) is 16.4 Å². The molecule has 0 bridgehead atoms. The molecule has 1 aromatic carbocycles. The number of aliphatic hydroxyl groups is 1. The Hall–Kier alpha value is -1.66. The van der Waals surface area contributed by atoms with Gasteiger partial charge in [0.2, 0.25) is 0 Å². The second kappa shape index (κ2) is 4.91. The van der Waals surface area contributed by atoms with E-state index in [1.165, 1.54) is 12.1 Å². The highest BCUT2D eigenvalue weighted by Gasteiger charge is 2.11. The van der Waals surface area contributed by atoms with E-state index in [0.717, 1.165) is 6.26 Å². The van der Waals surface area contributed by atoms with Crippen LogP contribution < -0.4 is 0 Å². The summed E-state index contributed by atoms with van der Waals surface area (Å²) in [5.41, 5.74) is 0.665. The molecule has 2 rings (SSSR count). The van der Waals surface area contributed by atoms with Crippen molar-refractivity contribution in [3.63, 3.8) is 0 Å². The minimum Gasteiger partial charge on any atom is -0.386 e. The molecule has 0 fully saturated rings. The maximum atomic E-state index is 11.3. The molecule has 0 amide bonds. The maximum Gasteiger partial charge on any atom is 0.175 e. The summed E-state index contributed by atoms with van der Waals surface area (Å²) in [6.07, 6.45) is 3.84. The van der Waals surface area contributed by atoms with E-state index in [9.17, 15) is 13.5 Å². The molecule has 1 N–H and O–H groups in total. The second-order valence-electron chi connectivity index (χ2n) is 4.09. The van der Waals surface area contributed by atoms with Crippen LogP contribution in [0.25, 0.3) is 0 Å². The fraction of sp³-hybridized carbons (Fsp3) is 0.250. The number of hydrogen-bond acceptors (Lipinski definition) is 4. The van der Waals surface area contributed by atoms with Gasteiger partial charge in [-0.1, -0.05) is 12.1 Å². The Morgan fingerprint density at radius 1 is 1.33 bits per heavy atom. The summed E-state index contributed by atoms with van der Waals surface area (Å²) < 4.78 is 24.2. The van der Waals surface area contributed by atoms with E-state index in [0.29, 0.717) is 12.1 Å². The van der Waals surface area contributed by atoms with E-state index in [1.54, 1.807) is 35.3 Å². The number of aliphatic hydroxyl groups excluding tert-OH is 1. The van der Waals surface area contributed by atoms with Gasteiger partial charge in [-0.05, 0) is 23.8 Å². The molecule has 1 unspecified atom stereocenters. The zero-order valence-electron chi connectivity index (χ0n) is 9.89. The molecule has 0 spiro atoms. The van der Waals surface area contributed by atoms with Gasteiger partial charge in [0.05, 0.1) is 17.5 Å². The van der Waals surface area contributed by atoms with Gasteiger partial charge in [-0.3, -0.25) is 4.68 Å². The molecule has 0 saturated heterocycles. The quantitative estimate of drug-likeness (QED) is 0.896. The van der Waals surface area contributed by atoms with Crippen molar-refractivity contribution in [1.82, 2.24) is 9.78 Å². The van der Waals surface area contributed by atoms with Gasteiger partial charge in [0.15, 0.2) is 9.84 Å². The van der Waals surface area contributed by atoms with Gasteiger partial charge >= 0.3 is 0 Å². The van der Waals surface area contributed by atoms with Gasteiger partial charge in [-0.25, -0.2) is 8.42 Å². The molecule has 0 aliphatic heterocycles. The van der Waals surface area contributed by atoms with Crippen molar-refractivity contribution in [2.24, 2.45) is 0 Å². The molecule has 5 nitrogen and oxygen atoms in total. The summed E-state index contributed by atoms with van der Waals surface area (Å²) in [7, 11) is -3.19. The van der Waals surface area contributed by atoms with Crippen LogP contribution in [0.2, 0.25) is 0 Å². The fourth-order valence-electron chi connectivity index (χ4n) is 1.63. The lowest BCUT2D eigenvalue weighted by molar-refractivity contribution is 0.151. The molecule has 1 heterocycles. The topological polar surface area (TPSA) is 72.2 Å². The molecule has 2 aromatic rings. The van der Waals surface area contributed by atoms with Crippen LogP contribution in [0.3, 0.4) is 0 Å². The Balaban J connectivity index is 2.14. The molecule has 1 aromatic heterocycles. The lowest BCUT2D eigenvalue weighted by atomic mass is 10.1. The molecule has 0 aliphatic rings. The van der Waals surface area contributed by atoms with Crippen LogP contribution >= 0.6 is 0 Å². The first-order chi connectivity index (χ1) is 8.47. The third kappa shape index (κ3) is 2.96. The third-order valence-electron chi connectivity index (χ3n) is 2.61. The highest BCUT2D eigenvalue weighted by molar-refractivity contribution is 7.90. The molecular weight excluding hydrogens is 252 g/mol. The number of benzene rings is 1. The minimum atomic E-state index is -3.19. The summed E-state index contributed by atoms with van der Waals surface area (Å²) in [6, 6.07) is 8.00. The second-order valence-corrected chi connectivity index (χ2v) is 6.10. The van der Waals surface area contributed by atoms with E-state index in [4.69, 9.17) is 0 Å². The van der Waals surface area contributed by atoms with Gasteiger partial charge in [0.1, 0.15) is 0 Å². The van der Waals surface area contributed by atoms with Gasteiger partial charge in [0.25, 0.3) is 0 Å². The SMILES string of the molecule is CS(=O)(=O)c1ccc(C(O)Cn2cccn2)cc1. The van der Waals surface area contributed by atoms with Gasteiger partial charge in [0, 0.05) is 18.6 Å². The molecule has 0 saturated carbocycles. The number of rotatable bonds is 4. The smallest absolute Gasteiger partial charge is 0.175 e. The minimum absolute atomic E-state index is 0.248. The Bertz CT molecular complexity index is 603. The first kappa shape index (κ1) is 12.8. The number of nitrogens with zero attached hydrogens (tertiary/aromatic N) is 2. The highest BCUT2D eigenvalue weighted by Crippen LogP contribution is 2.17. The fourth-order valence-corrected chi connectivity index (χ4v) is 2.26. The average molecular weight is 266 g/mol. The van der Waals surface area contributed by atoms with Crippen LogP contribution in [-0.4, -0.2) is 29.6 Å². The van der Waals surface area contributed by atoms with Crippen molar-refractivity contribution >= 4 is 9.84 Å². The summed E-state index contributed by atoms with van der Waals surface area (Å²) in [6.45, 7) is 0.339. The Labute approximate surface area is 106 Å². The van der Waals surface area contributed by atoms with Crippen LogP contribution in [0.4, 0.5) is 0 Å². The number of hydrogen-bond donors (Lipinski definition) is 1. The van der Waals surface area contributed by atoms with E-state index < -0.39 is 15.9 Å². The third-order valence-corrected chi connectivity index (χ3v) is 3.74. The van der Waals surface area contributed by atoms with Gasteiger partial charge < -0.3 is 5.11 Å². The van der Waals surface area contributed by atoms with Crippen molar-refractivity contribution in [3.05, 3.63) is 48.3 Å². The van der Waals surface area contributed by atoms with Crippen LogP contribution in [0.1, 0.15) is 11.7 Å². The molecule has 96 valence electrons. The number of sulfone groups is 1. The van der Waals surface area contributed by atoms with Crippen molar-refractivity contribution in [1.29, 1.82) is 0 Å².